The van der Waals surface area contributed by atoms with Crippen molar-refractivity contribution in [3.05, 3.63) is 65.7 Å². The predicted octanol–water partition coefficient (Wildman–Crippen LogP) is 1.07. The Kier molecular flexibility index (Phi) is 7.51. The van der Waals surface area contributed by atoms with E-state index >= 15 is 0 Å². The molecule has 0 aliphatic carbocycles. The van der Waals surface area contributed by atoms with E-state index in [9.17, 15) is 18.0 Å². The minimum atomic E-state index is -3.45. The first-order valence-electron chi connectivity index (χ1n) is 8.55. The Hall–Kier alpha value is -2.71. The molecule has 7 nitrogen and oxygen atoms in total. The first-order chi connectivity index (χ1) is 12.9. The molecule has 0 spiro atoms. The molecule has 0 aliphatic rings. The molecule has 0 atom stereocenters. The largest absolute Gasteiger partial charge is 0.354 e. The number of rotatable bonds is 9. The minimum absolute atomic E-state index is 0.129. The van der Waals surface area contributed by atoms with Crippen molar-refractivity contribution >= 4 is 21.8 Å². The topological polar surface area (TPSA) is 104 Å². The second kappa shape index (κ2) is 9.84. The van der Waals surface area contributed by atoms with Crippen LogP contribution in [0.4, 0.5) is 0 Å². The van der Waals surface area contributed by atoms with Crippen molar-refractivity contribution in [2.45, 2.75) is 17.7 Å². The lowest BCUT2D eigenvalue weighted by Crippen LogP contribution is -2.34. The highest BCUT2D eigenvalue weighted by Gasteiger charge is 2.10. The highest BCUT2D eigenvalue weighted by molar-refractivity contribution is 7.89. The van der Waals surface area contributed by atoms with Crippen molar-refractivity contribution in [2.24, 2.45) is 0 Å². The summed E-state index contributed by atoms with van der Waals surface area (Å²) in [6.45, 7) is 0.687. The molecule has 0 fully saturated rings. The number of aryl methyl sites for hydroxylation is 1. The van der Waals surface area contributed by atoms with Gasteiger partial charge in [0.2, 0.25) is 15.9 Å². The summed E-state index contributed by atoms with van der Waals surface area (Å²) in [5.41, 5.74) is 1.45. The molecule has 0 saturated carbocycles. The third kappa shape index (κ3) is 6.50. The van der Waals surface area contributed by atoms with Gasteiger partial charge in [-0.2, -0.15) is 0 Å². The minimum Gasteiger partial charge on any atom is -0.354 e. The van der Waals surface area contributed by atoms with E-state index in [1.165, 1.54) is 19.2 Å². The van der Waals surface area contributed by atoms with Gasteiger partial charge in [-0.3, -0.25) is 9.59 Å². The standard InChI is InChI=1S/C19H23N3O4S/c1-20-27(25,26)17-10-7-15(8-11-17)9-12-18(23)21-13-14-22-19(24)16-5-3-2-4-6-16/h2-8,10-11,20H,9,12-14H2,1H3,(H,21,23)(H,22,24). The van der Waals surface area contributed by atoms with Gasteiger partial charge in [0.1, 0.15) is 0 Å². The molecule has 2 amide bonds. The van der Waals surface area contributed by atoms with Crippen LogP contribution in [0.3, 0.4) is 0 Å². The molecule has 2 aromatic carbocycles. The summed E-state index contributed by atoms with van der Waals surface area (Å²) in [5, 5.41) is 5.48. The monoisotopic (exact) mass is 389 g/mol. The van der Waals surface area contributed by atoms with Crippen LogP contribution in [0.2, 0.25) is 0 Å². The summed E-state index contributed by atoms with van der Waals surface area (Å²) in [5.74, 6) is -0.308. The number of carbonyl (C=O) groups excluding carboxylic acids is 2. The average Bonchev–Trinajstić information content (AvgIpc) is 2.70. The van der Waals surface area contributed by atoms with Crippen LogP contribution in [0.5, 0.6) is 0 Å². The van der Waals surface area contributed by atoms with Gasteiger partial charge in [-0.1, -0.05) is 30.3 Å². The van der Waals surface area contributed by atoms with Gasteiger partial charge in [-0.15, -0.1) is 0 Å². The van der Waals surface area contributed by atoms with Gasteiger partial charge in [-0.25, -0.2) is 13.1 Å². The first kappa shape index (κ1) is 20.6. The van der Waals surface area contributed by atoms with E-state index in [2.05, 4.69) is 15.4 Å². The fraction of sp³-hybridized carbons (Fsp3) is 0.263. The van der Waals surface area contributed by atoms with E-state index in [-0.39, 0.29) is 23.1 Å². The number of hydrogen-bond acceptors (Lipinski definition) is 4. The Labute approximate surface area is 159 Å². The quantitative estimate of drug-likeness (QED) is 0.558. The molecule has 0 saturated heterocycles. The molecule has 8 heteroatoms. The second-order valence-corrected chi connectivity index (χ2v) is 7.71. The van der Waals surface area contributed by atoms with Crippen LogP contribution >= 0.6 is 0 Å². The van der Waals surface area contributed by atoms with E-state index in [4.69, 9.17) is 0 Å². The second-order valence-electron chi connectivity index (χ2n) is 5.82. The van der Waals surface area contributed by atoms with Crippen LogP contribution in [0.25, 0.3) is 0 Å². The maximum atomic E-state index is 11.9. The van der Waals surface area contributed by atoms with Gasteiger partial charge < -0.3 is 10.6 Å². The average molecular weight is 389 g/mol. The molecular weight excluding hydrogens is 366 g/mol. The number of amides is 2. The summed E-state index contributed by atoms with van der Waals surface area (Å²) in [6.07, 6.45) is 0.785. The van der Waals surface area contributed by atoms with Gasteiger partial charge in [-0.05, 0) is 43.3 Å². The molecule has 144 valence electrons. The molecule has 0 bridgehead atoms. The highest BCUT2D eigenvalue weighted by Crippen LogP contribution is 2.11. The summed E-state index contributed by atoms with van der Waals surface area (Å²) in [4.78, 5) is 23.9. The number of carbonyl (C=O) groups is 2. The summed E-state index contributed by atoms with van der Waals surface area (Å²) in [6, 6.07) is 15.3. The SMILES string of the molecule is CNS(=O)(=O)c1ccc(CCC(=O)NCCNC(=O)c2ccccc2)cc1. The van der Waals surface area contributed by atoms with E-state index in [0.29, 0.717) is 25.1 Å². The number of benzene rings is 2. The lowest BCUT2D eigenvalue weighted by Gasteiger charge is -2.08. The molecule has 0 radical (unpaired) electrons. The van der Waals surface area contributed by atoms with E-state index in [0.717, 1.165) is 5.56 Å². The van der Waals surface area contributed by atoms with Crippen molar-refractivity contribution < 1.29 is 18.0 Å². The zero-order valence-electron chi connectivity index (χ0n) is 15.1. The van der Waals surface area contributed by atoms with Crippen LogP contribution in [0.1, 0.15) is 22.3 Å². The molecule has 2 rings (SSSR count). The lowest BCUT2D eigenvalue weighted by molar-refractivity contribution is -0.121. The van der Waals surface area contributed by atoms with Gasteiger partial charge in [0.05, 0.1) is 4.90 Å². The molecule has 2 aromatic rings. The molecule has 0 unspecified atom stereocenters. The third-order valence-electron chi connectivity index (χ3n) is 3.91. The van der Waals surface area contributed by atoms with E-state index in [1.54, 1.807) is 36.4 Å². The smallest absolute Gasteiger partial charge is 0.251 e. The first-order valence-corrected chi connectivity index (χ1v) is 10.0. The Bertz CT molecular complexity index is 866. The fourth-order valence-corrected chi connectivity index (χ4v) is 3.10. The van der Waals surface area contributed by atoms with Gasteiger partial charge in [0.25, 0.3) is 5.91 Å². The van der Waals surface area contributed by atoms with E-state index < -0.39 is 10.0 Å². The van der Waals surface area contributed by atoms with Crippen molar-refractivity contribution in [3.8, 4) is 0 Å². The van der Waals surface area contributed by atoms with E-state index in [1.807, 2.05) is 6.07 Å². The van der Waals surface area contributed by atoms with Gasteiger partial charge in [0, 0.05) is 25.1 Å². The fourth-order valence-electron chi connectivity index (χ4n) is 2.37. The van der Waals surface area contributed by atoms with Crippen molar-refractivity contribution in [1.29, 1.82) is 0 Å². The third-order valence-corrected chi connectivity index (χ3v) is 5.34. The molecule has 0 aromatic heterocycles. The Morgan fingerprint density at radius 2 is 1.52 bits per heavy atom. The molecule has 3 N–H and O–H groups in total. The normalized spacial score (nSPS) is 11.0. The van der Waals surface area contributed by atoms with Crippen LogP contribution in [0, 0.1) is 0 Å². The van der Waals surface area contributed by atoms with Crippen molar-refractivity contribution in [3.63, 3.8) is 0 Å². The van der Waals surface area contributed by atoms with Crippen LogP contribution < -0.4 is 15.4 Å². The molecule has 27 heavy (non-hydrogen) atoms. The molecular formula is C19H23N3O4S. The van der Waals surface area contributed by atoms with Crippen molar-refractivity contribution in [1.82, 2.24) is 15.4 Å². The highest BCUT2D eigenvalue weighted by atomic mass is 32.2. The Morgan fingerprint density at radius 1 is 0.889 bits per heavy atom. The summed E-state index contributed by atoms with van der Waals surface area (Å²) in [7, 11) is -2.10. The van der Waals surface area contributed by atoms with Crippen LogP contribution in [-0.4, -0.2) is 40.4 Å². The zero-order chi connectivity index (χ0) is 19.7. The number of sulfonamides is 1. The van der Waals surface area contributed by atoms with Crippen LogP contribution in [-0.2, 0) is 21.2 Å². The maximum absolute atomic E-state index is 11.9. The Morgan fingerprint density at radius 3 is 2.15 bits per heavy atom. The maximum Gasteiger partial charge on any atom is 0.251 e. The molecule has 0 aliphatic heterocycles. The zero-order valence-corrected chi connectivity index (χ0v) is 15.9. The summed E-state index contributed by atoms with van der Waals surface area (Å²) < 4.78 is 25.6. The lowest BCUT2D eigenvalue weighted by atomic mass is 10.1. The Balaban J connectivity index is 1.68. The molecule has 0 heterocycles. The summed E-state index contributed by atoms with van der Waals surface area (Å²) >= 11 is 0. The number of hydrogen-bond donors (Lipinski definition) is 3. The van der Waals surface area contributed by atoms with Crippen LogP contribution in [0.15, 0.2) is 59.5 Å². The van der Waals surface area contributed by atoms with Gasteiger partial charge in [0.15, 0.2) is 0 Å². The predicted molar refractivity (Wildman–Crippen MR) is 103 cm³/mol. The van der Waals surface area contributed by atoms with Crippen molar-refractivity contribution in [2.75, 3.05) is 20.1 Å². The van der Waals surface area contributed by atoms with Gasteiger partial charge >= 0.3 is 0 Å². The number of nitrogens with one attached hydrogen (secondary N) is 3.